The Balaban J connectivity index is 1.44. The van der Waals surface area contributed by atoms with Crippen molar-refractivity contribution < 1.29 is 9.53 Å². The maximum absolute atomic E-state index is 11.9. The summed E-state index contributed by atoms with van der Waals surface area (Å²) in [6.07, 6.45) is 0.681. The van der Waals surface area contributed by atoms with E-state index in [0.29, 0.717) is 23.7 Å². The molecule has 1 aromatic heterocycles. The maximum Gasteiger partial charge on any atom is 0.257 e. The number of carbonyl (C=O) groups is 1. The molecule has 0 radical (unpaired) electrons. The van der Waals surface area contributed by atoms with Crippen LogP contribution in [0.2, 0.25) is 5.02 Å². The zero-order valence-corrected chi connectivity index (χ0v) is 15.9. The maximum atomic E-state index is 11.9. The number of thiazole rings is 1. The summed E-state index contributed by atoms with van der Waals surface area (Å²) >= 11 is 7.60. The van der Waals surface area contributed by atoms with Gasteiger partial charge >= 0.3 is 0 Å². The van der Waals surface area contributed by atoms with Crippen LogP contribution in [-0.2, 0) is 11.2 Å². The van der Waals surface area contributed by atoms with Gasteiger partial charge in [-0.2, -0.15) is 0 Å². The van der Waals surface area contributed by atoms with Crippen molar-refractivity contribution in [3.63, 3.8) is 0 Å². The molecule has 2 aromatic carbocycles. The highest BCUT2D eigenvalue weighted by Gasteiger charge is 2.07. The van der Waals surface area contributed by atoms with Crippen LogP contribution >= 0.6 is 22.9 Å². The van der Waals surface area contributed by atoms with Crippen molar-refractivity contribution in [3.8, 4) is 16.3 Å². The summed E-state index contributed by atoms with van der Waals surface area (Å²) in [6, 6.07) is 15.4. The molecule has 1 amide bonds. The summed E-state index contributed by atoms with van der Waals surface area (Å²) in [7, 11) is 0. The van der Waals surface area contributed by atoms with Crippen LogP contribution in [0.3, 0.4) is 0 Å². The Kier molecular flexibility index (Phi) is 6.26. The highest BCUT2D eigenvalue weighted by molar-refractivity contribution is 7.13. The summed E-state index contributed by atoms with van der Waals surface area (Å²) < 4.78 is 5.42. The zero-order valence-electron chi connectivity index (χ0n) is 14.4. The molecular formula is C20H19ClN2O2S. The predicted molar refractivity (Wildman–Crippen MR) is 106 cm³/mol. The number of rotatable bonds is 7. The van der Waals surface area contributed by atoms with Gasteiger partial charge < -0.3 is 10.1 Å². The number of amides is 1. The normalized spacial score (nSPS) is 10.5. The lowest BCUT2D eigenvalue weighted by molar-refractivity contribution is -0.123. The van der Waals surface area contributed by atoms with Crippen LogP contribution in [0.15, 0.2) is 53.9 Å². The summed E-state index contributed by atoms with van der Waals surface area (Å²) in [5.41, 5.74) is 3.31. The second kappa shape index (κ2) is 8.83. The van der Waals surface area contributed by atoms with Crippen molar-refractivity contribution in [3.05, 3.63) is 70.2 Å². The lowest BCUT2D eigenvalue weighted by Crippen LogP contribution is -2.30. The minimum Gasteiger partial charge on any atom is -0.482 e. The molecule has 0 unspecified atom stereocenters. The van der Waals surface area contributed by atoms with E-state index in [0.717, 1.165) is 16.3 Å². The largest absolute Gasteiger partial charge is 0.482 e. The number of benzene rings is 2. The molecule has 0 spiro atoms. The first-order valence-corrected chi connectivity index (χ1v) is 9.53. The predicted octanol–water partition coefficient (Wildman–Crippen LogP) is 4.51. The molecule has 0 saturated carbocycles. The van der Waals surface area contributed by atoms with Crippen LogP contribution in [0.25, 0.3) is 10.6 Å². The SMILES string of the molecule is Cc1ccc(-c2nc(CCNC(=O)COc3ccccc3Cl)cs2)cc1. The fraction of sp³-hybridized carbons (Fsp3) is 0.200. The fourth-order valence-electron chi connectivity index (χ4n) is 2.34. The molecule has 4 nitrogen and oxygen atoms in total. The smallest absolute Gasteiger partial charge is 0.257 e. The van der Waals surface area contributed by atoms with Crippen molar-refractivity contribution in [2.45, 2.75) is 13.3 Å². The Morgan fingerprint density at radius 1 is 1.19 bits per heavy atom. The minimum absolute atomic E-state index is 0.0601. The first-order chi connectivity index (χ1) is 12.6. The summed E-state index contributed by atoms with van der Waals surface area (Å²) in [4.78, 5) is 16.5. The zero-order chi connectivity index (χ0) is 18.4. The molecule has 3 rings (SSSR count). The number of ether oxygens (including phenoxy) is 1. The number of nitrogens with zero attached hydrogens (tertiary/aromatic N) is 1. The Labute approximate surface area is 161 Å². The van der Waals surface area contributed by atoms with E-state index < -0.39 is 0 Å². The summed E-state index contributed by atoms with van der Waals surface area (Å²) in [5, 5.41) is 6.35. The quantitative estimate of drug-likeness (QED) is 0.650. The number of hydrogen-bond acceptors (Lipinski definition) is 4. The van der Waals surface area contributed by atoms with E-state index in [-0.39, 0.29) is 12.5 Å². The van der Waals surface area contributed by atoms with E-state index in [1.54, 1.807) is 23.5 Å². The molecule has 6 heteroatoms. The van der Waals surface area contributed by atoms with Crippen LogP contribution < -0.4 is 10.1 Å². The monoisotopic (exact) mass is 386 g/mol. The highest BCUT2D eigenvalue weighted by Crippen LogP contribution is 2.24. The molecule has 26 heavy (non-hydrogen) atoms. The Hall–Kier alpha value is -2.37. The molecule has 0 saturated heterocycles. The molecule has 0 fully saturated rings. The third-order valence-corrected chi connectivity index (χ3v) is 5.00. The minimum atomic E-state index is -0.182. The lowest BCUT2D eigenvalue weighted by atomic mass is 10.2. The van der Waals surface area contributed by atoms with E-state index in [1.165, 1.54) is 5.56 Å². The number of aromatic nitrogens is 1. The first kappa shape index (κ1) is 18.4. The second-order valence-electron chi connectivity index (χ2n) is 5.83. The van der Waals surface area contributed by atoms with Crippen LogP contribution in [-0.4, -0.2) is 24.0 Å². The third-order valence-electron chi connectivity index (χ3n) is 3.75. The molecule has 0 aliphatic rings. The molecule has 0 bridgehead atoms. The van der Waals surface area contributed by atoms with Gasteiger partial charge in [0.25, 0.3) is 5.91 Å². The van der Waals surface area contributed by atoms with Gasteiger partial charge in [-0.15, -0.1) is 11.3 Å². The van der Waals surface area contributed by atoms with Gasteiger partial charge in [0, 0.05) is 23.9 Å². The summed E-state index contributed by atoms with van der Waals surface area (Å²) in [6.45, 7) is 2.52. The van der Waals surface area contributed by atoms with Gasteiger partial charge in [0.05, 0.1) is 10.7 Å². The van der Waals surface area contributed by atoms with Gasteiger partial charge in [-0.25, -0.2) is 4.98 Å². The number of hydrogen-bond donors (Lipinski definition) is 1. The molecule has 3 aromatic rings. The third kappa shape index (κ3) is 5.07. The van der Waals surface area contributed by atoms with Gasteiger partial charge in [-0.05, 0) is 19.1 Å². The van der Waals surface area contributed by atoms with E-state index in [9.17, 15) is 4.79 Å². The van der Waals surface area contributed by atoms with Crippen LogP contribution in [0, 0.1) is 6.92 Å². The van der Waals surface area contributed by atoms with Gasteiger partial charge in [-0.1, -0.05) is 53.6 Å². The van der Waals surface area contributed by atoms with Gasteiger partial charge in [0.1, 0.15) is 10.8 Å². The molecule has 1 heterocycles. The second-order valence-corrected chi connectivity index (χ2v) is 7.09. The molecule has 1 N–H and O–H groups in total. The fourth-order valence-corrected chi connectivity index (χ4v) is 3.39. The molecule has 0 aliphatic heterocycles. The van der Waals surface area contributed by atoms with Crippen LogP contribution in [0.1, 0.15) is 11.3 Å². The van der Waals surface area contributed by atoms with Crippen molar-refractivity contribution >= 4 is 28.8 Å². The summed E-state index contributed by atoms with van der Waals surface area (Å²) in [5.74, 6) is 0.325. The van der Waals surface area contributed by atoms with Crippen molar-refractivity contribution in [1.29, 1.82) is 0 Å². The van der Waals surface area contributed by atoms with Crippen molar-refractivity contribution in [1.82, 2.24) is 10.3 Å². The Morgan fingerprint density at radius 3 is 2.73 bits per heavy atom. The number of aryl methyl sites for hydroxylation is 1. The number of para-hydroxylation sites is 1. The number of carbonyl (C=O) groups excluding carboxylic acids is 1. The van der Waals surface area contributed by atoms with Gasteiger partial charge in [0.2, 0.25) is 0 Å². The lowest BCUT2D eigenvalue weighted by Gasteiger charge is -2.08. The van der Waals surface area contributed by atoms with E-state index in [2.05, 4.69) is 41.5 Å². The topological polar surface area (TPSA) is 51.2 Å². The Bertz CT molecular complexity index is 878. The molecule has 0 aliphatic carbocycles. The molecule has 134 valence electrons. The number of nitrogens with one attached hydrogen (secondary N) is 1. The van der Waals surface area contributed by atoms with Crippen LogP contribution in [0.5, 0.6) is 5.75 Å². The van der Waals surface area contributed by atoms with Crippen molar-refractivity contribution in [2.75, 3.05) is 13.2 Å². The molecule has 0 atom stereocenters. The van der Waals surface area contributed by atoms with E-state index in [1.807, 2.05) is 17.5 Å². The average molecular weight is 387 g/mol. The van der Waals surface area contributed by atoms with E-state index in [4.69, 9.17) is 16.3 Å². The Morgan fingerprint density at radius 2 is 1.96 bits per heavy atom. The van der Waals surface area contributed by atoms with Crippen LogP contribution in [0.4, 0.5) is 0 Å². The average Bonchev–Trinajstić information content (AvgIpc) is 3.10. The van der Waals surface area contributed by atoms with Crippen molar-refractivity contribution in [2.24, 2.45) is 0 Å². The van der Waals surface area contributed by atoms with Gasteiger partial charge in [0.15, 0.2) is 6.61 Å². The highest BCUT2D eigenvalue weighted by atomic mass is 35.5. The van der Waals surface area contributed by atoms with Gasteiger partial charge in [-0.3, -0.25) is 4.79 Å². The first-order valence-electron chi connectivity index (χ1n) is 8.27. The standard InChI is InChI=1S/C20H19ClN2O2S/c1-14-6-8-15(9-7-14)20-23-16(13-26-20)10-11-22-19(24)12-25-18-5-3-2-4-17(18)21/h2-9,13H,10-12H2,1H3,(H,22,24). The van der Waals surface area contributed by atoms with E-state index >= 15 is 0 Å². The molecular weight excluding hydrogens is 368 g/mol. The number of halogens is 1.